The van der Waals surface area contributed by atoms with E-state index in [1.54, 1.807) is 4.90 Å². The fourth-order valence-electron chi connectivity index (χ4n) is 2.61. The first-order valence-corrected chi connectivity index (χ1v) is 6.89. The molecule has 1 aliphatic heterocycles. The maximum absolute atomic E-state index is 11.2. The lowest BCUT2D eigenvalue weighted by atomic mass is 10.1. The van der Waals surface area contributed by atoms with Gasteiger partial charge in [-0.05, 0) is 31.4 Å². The van der Waals surface area contributed by atoms with E-state index in [-0.39, 0.29) is 6.03 Å². The zero-order valence-electron chi connectivity index (χ0n) is 11.9. The van der Waals surface area contributed by atoms with Crippen molar-refractivity contribution in [2.24, 2.45) is 5.73 Å². The second kappa shape index (κ2) is 6.06. The fraction of sp³-hybridized carbons (Fsp3) is 0.533. The molecular weight excluding hydrogens is 238 g/mol. The van der Waals surface area contributed by atoms with Gasteiger partial charge >= 0.3 is 6.03 Å². The second-order valence-electron chi connectivity index (χ2n) is 5.38. The molecule has 0 aliphatic carbocycles. The first kappa shape index (κ1) is 13.9. The number of carbonyl (C=O) groups excluding carboxylic acids is 1. The van der Waals surface area contributed by atoms with Gasteiger partial charge < -0.3 is 10.6 Å². The van der Waals surface area contributed by atoms with Crippen LogP contribution in [0.3, 0.4) is 0 Å². The van der Waals surface area contributed by atoms with E-state index in [9.17, 15) is 4.79 Å². The topological polar surface area (TPSA) is 49.6 Å². The quantitative estimate of drug-likeness (QED) is 0.884. The summed E-state index contributed by atoms with van der Waals surface area (Å²) in [5, 5.41) is 0. The summed E-state index contributed by atoms with van der Waals surface area (Å²) in [6, 6.07) is 6.30. The highest BCUT2D eigenvalue weighted by Crippen LogP contribution is 2.14. The van der Waals surface area contributed by atoms with E-state index in [1.165, 1.54) is 16.7 Å². The smallest absolute Gasteiger partial charge is 0.314 e. The van der Waals surface area contributed by atoms with Crippen molar-refractivity contribution in [3.05, 3.63) is 34.9 Å². The minimum atomic E-state index is -0.298. The highest BCUT2D eigenvalue weighted by Gasteiger charge is 2.17. The fourth-order valence-corrected chi connectivity index (χ4v) is 2.61. The molecule has 4 heteroatoms. The number of hydrogen-bond donors (Lipinski definition) is 1. The van der Waals surface area contributed by atoms with Gasteiger partial charge in [-0.1, -0.05) is 23.8 Å². The summed E-state index contributed by atoms with van der Waals surface area (Å²) in [6.45, 7) is 8.67. The van der Waals surface area contributed by atoms with Gasteiger partial charge in [-0.25, -0.2) is 4.79 Å². The Morgan fingerprint density at radius 2 is 2.00 bits per heavy atom. The molecule has 0 bridgehead atoms. The summed E-state index contributed by atoms with van der Waals surface area (Å²) in [6.07, 6.45) is 0.994. The maximum Gasteiger partial charge on any atom is 0.314 e. The van der Waals surface area contributed by atoms with Crippen molar-refractivity contribution in [1.82, 2.24) is 9.80 Å². The van der Waals surface area contributed by atoms with Crippen molar-refractivity contribution >= 4 is 6.03 Å². The van der Waals surface area contributed by atoms with Crippen molar-refractivity contribution in [3.8, 4) is 0 Å². The van der Waals surface area contributed by atoms with Gasteiger partial charge in [0, 0.05) is 32.7 Å². The summed E-state index contributed by atoms with van der Waals surface area (Å²) >= 11 is 0. The third kappa shape index (κ3) is 3.70. The molecule has 2 amide bonds. The molecule has 1 aliphatic rings. The molecule has 104 valence electrons. The molecule has 1 saturated heterocycles. The average molecular weight is 261 g/mol. The lowest BCUT2D eigenvalue weighted by Crippen LogP contribution is -2.38. The Labute approximate surface area is 115 Å². The Hall–Kier alpha value is -1.55. The SMILES string of the molecule is Cc1ccc(CN2CCCN(C(N)=O)CC2)c(C)c1. The monoisotopic (exact) mass is 261 g/mol. The van der Waals surface area contributed by atoms with Crippen LogP contribution in [-0.2, 0) is 6.54 Å². The molecule has 0 unspecified atom stereocenters. The Kier molecular flexibility index (Phi) is 4.43. The van der Waals surface area contributed by atoms with Crippen molar-refractivity contribution < 1.29 is 4.79 Å². The summed E-state index contributed by atoms with van der Waals surface area (Å²) < 4.78 is 0. The molecule has 2 N–H and O–H groups in total. The number of amides is 2. The number of hydrogen-bond acceptors (Lipinski definition) is 2. The van der Waals surface area contributed by atoms with Gasteiger partial charge in [-0.15, -0.1) is 0 Å². The zero-order valence-corrected chi connectivity index (χ0v) is 11.9. The molecule has 4 nitrogen and oxygen atoms in total. The number of benzene rings is 1. The predicted octanol–water partition coefficient (Wildman–Crippen LogP) is 1.89. The summed E-state index contributed by atoms with van der Waals surface area (Å²) in [5.74, 6) is 0. The van der Waals surface area contributed by atoms with Gasteiger partial charge in [0.05, 0.1) is 0 Å². The number of aryl methyl sites for hydroxylation is 2. The number of urea groups is 1. The number of primary amides is 1. The zero-order chi connectivity index (χ0) is 13.8. The van der Waals surface area contributed by atoms with Crippen molar-refractivity contribution in [1.29, 1.82) is 0 Å². The normalized spacial score (nSPS) is 17.3. The summed E-state index contributed by atoms with van der Waals surface area (Å²) in [7, 11) is 0. The first-order valence-electron chi connectivity index (χ1n) is 6.89. The molecule has 2 rings (SSSR count). The summed E-state index contributed by atoms with van der Waals surface area (Å²) in [4.78, 5) is 15.3. The number of rotatable bonds is 2. The lowest BCUT2D eigenvalue weighted by molar-refractivity contribution is 0.207. The largest absolute Gasteiger partial charge is 0.351 e. The molecule has 1 heterocycles. The lowest BCUT2D eigenvalue weighted by Gasteiger charge is -2.21. The molecule has 0 radical (unpaired) electrons. The van der Waals surface area contributed by atoms with Crippen LogP contribution in [0.4, 0.5) is 4.79 Å². The Balaban J connectivity index is 1.97. The van der Waals surface area contributed by atoms with Crippen molar-refractivity contribution in [3.63, 3.8) is 0 Å². The number of carbonyl (C=O) groups is 1. The van der Waals surface area contributed by atoms with Crippen molar-refractivity contribution in [2.45, 2.75) is 26.8 Å². The number of nitrogens with two attached hydrogens (primary N) is 1. The molecule has 1 aromatic carbocycles. The standard InChI is InChI=1S/C15H23N3O/c1-12-4-5-14(13(2)10-12)11-17-6-3-7-18(9-8-17)15(16)19/h4-5,10H,3,6-9,11H2,1-2H3,(H2,16,19). The van der Waals surface area contributed by atoms with Crippen LogP contribution in [0, 0.1) is 13.8 Å². The Bertz CT molecular complexity index is 459. The molecular formula is C15H23N3O. The molecule has 1 fully saturated rings. The van der Waals surface area contributed by atoms with Crippen LogP contribution in [0.5, 0.6) is 0 Å². The van der Waals surface area contributed by atoms with Crippen LogP contribution < -0.4 is 5.73 Å². The van der Waals surface area contributed by atoms with Gasteiger partial charge in [0.2, 0.25) is 0 Å². The second-order valence-corrected chi connectivity index (χ2v) is 5.38. The highest BCUT2D eigenvalue weighted by molar-refractivity contribution is 5.71. The van der Waals surface area contributed by atoms with E-state index in [1.807, 2.05) is 0 Å². The van der Waals surface area contributed by atoms with E-state index in [2.05, 4.69) is 36.9 Å². The van der Waals surface area contributed by atoms with Gasteiger partial charge in [0.15, 0.2) is 0 Å². The molecule has 1 aromatic rings. The molecule has 19 heavy (non-hydrogen) atoms. The van der Waals surface area contributed by atoms with Crippen LogP contribution in [0.25, 0.3) is 0 Å². The van der Waals surface area contributed by atoms with E-state index in [0.29, 0.717) is 0 Å². The van der Waals surface area contributed by atoms with Crippen LogP contribution in [0.15, 0.2) is 18.2 Å². The maximum atomic E-state index is 11.2. The van der Waals surface area contributed by atoms with E-state index < -0.39 is 0 Å². The van der Waals surface area contributed by atoms with Gasteiger partial charge in [0.25, 0.3) is 0 Å². The minimum absolute atomic E-state index is 0.298. The van der Waals surface area contributed by atoms with Gasteiger partial charge in [0.1, 0.15) is 0 Å². The van der Waals surface area contributed by atoms with Crippen molar-refractivity contribution in [2.75, 3.05) is 26.2 Å². The minimum Gasteiger partial charge on any atom is -0.351 e. The van der Waals surface area contributed by atoms with Crippen LogP contribution in [0.1, 0.15) is 23.1 Å². The van der Waals surface area contributed by atoms with E-state index in [0.717, 1.165) is 39.1 Å². The highest BCUT2D eigenvalue weighted by atomic mass is 16.2. The van der Waals surface area contributed by atoms with Crippen LogP contribution in [0.2, 0.25) is 0 Å². The van der Waals surface area contributed by atoms with Gasteiger partial charge in [-0.3, -0.25) is 4.90 Å². The van der Waals surface area contributed by atoms with E-state index in [4.69, 9.17) is 5.73 Å². The van der Waals surface area contributed by atoms with Crippen LogP contribution in [-0.4, -0.2) is 42.0 Å². The molecule has 0 saturated carbocycles. The third-order valence-electron chi connectivity index (χ3n) is 3.79. The van der Waals surface area contributed by atoms with Gasteiger partial charge in [-0.2, -0.15) is 0 Å². The molecule has 0 spiro atoms. The molecule has 0 aromatic heterocycles. The first-order chi connectivity index (χ1) is 9.06. The average Bonchev–Trinajstić information content (AvgIpc) is 2.58. The van der Waals surface area contributed by atoms with E-state index >= 15 is 0 Å². The molecule has 0 atom stereocenters. The Morgan fingerprint density at radius 3 is 2.68 bits per heavy atom. The Morgan fingerprint density at radius 1 is 1.21 bits per heavy atom. The predicted molar refractivity (Wildman–Crippen MR) is 77.0 cm³/mol. The third-order valence-corrected chi connectivity index (χ3v) is 3.79. The number of nitrogens with zero attached hydrogens (tertiary/aromatic N) is 2. The summed E-state index contributed by atoms with van der Waals surface area (Å²) in [5.41, 5.74) is 9.36. The van der Waals surface area contributed by atoms with Crippen LogP contribution >= 0.6 is 0 Å².